The molecule has 0 bridgehead atoms. The zero-order valence-electron chi connectivity index (χ0n) is 12.8. The van der Waals surface area contributed by atoms with Crippen LogP contribution in [0.25, 0.3) is 0 Å². The fourth-order valence-electron chi connectivity index (χ4n) is 1.83. The molecule has 2 rings (SSSR count). The first kappa shape index (κ1) is 15.4. The Labute approximate surface area is 121 Å². The number of hydrogen-bond acceptors (Lipinski definition) is 4. The van der Waals surface area contributed by atoms with Crippen LogP contribution in [0.5, 0.6) is 0 Å². The largest absolute Gasteiger partial charge is 0.373 e. The minimum absolute atomic E-state index is 0.101. The highest BCUT2D eigenvalue weighted by Crippen LogP contribution is 2.19. The van der Waals surface area contributed by atoms with Crippen LogP contribution < -0.4 is 5.32 Å². The predicted molar refractivity (Wildman–Crippen MR) is 79.5 cm³/mol. The smallest absolute Gasteiger partial charge is 0.0889 e. The van der Waals surface area contributed by atoms with Crippen LogP contribution in [-0.4, -0.2) is 29.8 Å². The molecule has 4 nitrogen and oxygen atoms in total. The number of pyridine rings is 1. The van der Waals surface area contributed by atoms with Crippen molar-refractivity contribution >= 4 is 0 Å². The van der Waals surface area contributed by atoms with Gasteiger partial charge in [0, 0.05) is 12.6 Å². The van der Waals surface area contributed by atoms with Crippen molar-refractivity contribution in [1.82, 2.24) is 10.3 Å². The summed E-state index contributed by atoms with van der Waals surface area (Å²) in [7, 11) is 0. The quantitative estimate of drug-likeness (QED) is 0.742. The van der Waals surface area contributed by atoms with Gasteiger partial charge in [0.05, 0.1) is 36.8 Å². The van der Waals surface area contributed by atoms with Gasteiger partial charge in [0.15, 0.2) is 0 Å². The zero-order valence-corrected chi connectivity index (χ0v) is 12.8. The van der Waals surface area contributed by atoms with E-state index in [2.05, 4.69) is 16.4 Å². The van der Waals surface area contributed by atoms with Crippen molar-refractivity contribution in [3.63, 3.8) is 0 Å². The third-order valence-electron chi connectivity index (χ3n) is 3.03. The van der Waals surface area contributed by atoms with Crippen molar-refractivity contribution in [2.24, 2.45) is 0 Å². The standard InChI is InChI=1S/C16H26N2O2/c1-16(2,3)20-10-9-19-12-15-6-4-5-14(18-15)11-17-13-7-8-13/h4-6,13,17H,7-12H2,1-3H3. The van der Waals surface area contributed by atoms with Crippen molar-refractivity contribution in [2.45, 2.75) is 58.4 Å². The van der Waals surface area contributed by atoms with Gasteiger partial charge in [0.25, 0.3) is 0 Å². The number of ether oxygens (including phenoxy) is 2. The van der Waals surface area contributed by atoms with Crippen molar-refractivity contribution in [3.8, 4) is 0 Å². The van der Waals surface area contributed by atoms with Gasteiger partial charge in [-0.1, -0.05) is 6.07 Å². The van der Waals surface area contributed by atoms with E-state index in [9.17, 15) is 0 Å². The molecule has 4 heteroatoms. The van der Waals surface area contributed by atoms with E-state index in [4.69, 9.17) is 9.47 Å². The molecule has 0 aliphatic heterocycles. The molecule has 0 spiro atoms. The Balaban J connectivity index is 1.65. The molecule has 1 aliphatic carbocycles. The first-order valence-electron chi connectivity index (χ1n) is 7.43. The lowest BCUT2D eigenvalue weighted by Gasteiger charge is -2.19. The molecule has 1 saturated carbocycles. The monoisotopic (exact) mass is 278 g/mol. The Bertz CT molecular complexity index is 411. The number of nitrogens with one attached hydrogen (secondary N) is 1. The summed E-state index contributed by atoms with van der Waals surface area (Å²) in [4.78, 5) is 4.59. The molecule has 1 aromatic rings. The predicted octanol–water partition coefficient (Wildman–Crippen LogP) is 2.67. The van der Waals surface area contributed by atoms with Crippen LogP contribution in [-0.2, 0) is 22.6 Å². The molecule has 1 aliphatic rings. The molecule has 1 N–H and O–H groups in total. The number of aromatic nitrogens is 1. The molecular formula is C16H26N2O2. The SMILES string of the molecule is CC(C)(C)OCCOCc1cccc(CNC2CC2)n1. The average Bonchev–Trinajstić information content (AvgIpc) is 3.19. The van der Waals surface area contributed by atoms with Gasteiger partial charge in [-0.15, -0.1) is 0 Å². The highest BCUT2D eigenvalue weighted by molar-refractivity contribution is 5.10. The van der Waals surface area contributed by atoms with E-state index in [-0.39, 0.29) is 5.60 Å². The second kappa shape index (κ2) is 7.16. The second-order valence-corrected chi connectivity index (χ2v) is 6.29. The maximum Gasteiger partial charge on any atom is 0.0889 e. The summed E-state index contributed by atoms with van der Waals surface area (Å²) < 4.78 is 11.2. The first-order valence-corrected chi connectivity index (χ1v) is 7.43. The molecule has 1 heterocycles. The van der Waals surface area contributed by atoms with Gasteiger partial charge in [-0.05, 0) is 45.7 Å². The van der Waals surface area contributed by atoms with E-state index in [1.807, 2.05) is 32.9 Å². The van der Waals surface area contributed by atoms with E-state index in [0.717, 1.165) is 17.9 Å². The van der Waals surface area contributed by atoms with Crippen molar-refractivity contribution in [3.05, 3.63) is 29.6 Å². The second-order valence-electron chi connectivity index (χ2n) is 6.29. The molecule has 20 heavy (non-hydrogen) atoms. The lowest BCUT2D eigenvalue weighted by molar-refractivity contribution is -0.0380. The molecule has 0 saturated heterocycles. The Kier molecular flexibility index (Phi) is 5.52. The van der Waals surface area contributed by atoms with Crippen LogP contribution >= 0.6 is 0 Å². The van der Waals surface area contributed by atoms with Gasteiger partial charge in [-0.25, -0.2) is 0 Å². The summed E-state index contributed by atoms with van der Waals surface area (Å²) in [5.41, 5.74) is 1.97. The van der Waals surface area contributed by atoms with Crippen LogP contribution in [0.1, 0.15) is 45.0 Å². The molecule has 0 unspecified atom stereocenters. The van der Waals surface area contributed by atoms with Gasteiger partial charge < -0.3 is 14.8 Å². The van der Waals surface area contributed by atoms with Gasteiger partial charge >= 0.3 is 0 Å². The van der Waals surface area contributed by atoms with E-state index in [0.29, 0.717) is 25.9 Å². The Morgan fingerprint density at radius 2 is 1.95 bits per heavy atom. The molecule has 0 radical (unpaired) electrons. The third-order valence-corrected chi connectivity index (χ3v) is 3.03. The van der Waals surface area contributed by atoms with Gasteiger partial charge in [0.1, 0.15) is 0 Å². The third kappa shape index (κ3) is 6.46. The van der Waals surface area contributed by atoms with E-state index in [1.54, 1.807) is 0 Å². The van der Waals surface area contributed by atoms with Crippen molar-refractivity contribution in [1.29, 1.82) is 0 Å². The fraction of sp³-hybridized carbons (Fsp3) is 0.688. The van der Waals surface area contributed by atoms with Crippen LogP contribution in [0.3, 0.4) is 0 Å². The van der Waals surface area contributed by atoms with Crippen molar-refractivity contribution in [2.75, 3.05) is 13.2 Å². The molecule has 112 valence electrons. The first-order chi connectivity index (χ1) is 9.53. The van der Waals surface area contributed by atoms with E-state index in [1.165, 1.54) is 12.8 Å². The number of rotatable bonds is 8. The Hall–Kier alpha value is -0.970. The lowest BCUT2D eigenvalue weighted by Crippen LogP contribution is -2.21. The molecule has 0 aromatic carbocycles. The summed E-state index contributed by atoms with van der Waals surface area (Å²) in [5.74, 6) is 0. The van der Waals surface area contributed by atoms with Crippen molar-refractivity contribution < 1.29 is 9.47 Å². The maximum atomic E-state index is 5.61. The molecule has 0 atom stereocenters. The van der Waals surface area contributed by atoms with Crippen LogP contribution in [0.2, 0.25) is 0 Å². The van der Waals surface area contributed by atoms with E-state index >= 15 is 0 Å². The van der Waals surface area contributed by atoms with Crippen LogP contribution in [0.15, 0.2) is 18.2 Å². The van der Waals surface area contributed by atoms with Gasteiger partial charge in [-0.3, -0.25) is 4.98 Å². The molecule has 1 fully saturated rings. The summed E-state index contributed by atoms with van der Waals surface area (Å²) in [6.07, 6.45) is 2.60. The normalized spacial score (nSPS) is 15.6. The average molecular weight is 278 g/mol. The summed E-state index contributed by atoms with van der Waals surface area (Å²) >= 11 is 0. The summed E-state index contributed by atoms with van der Waals surface area (Å²) in [6, 6.07) is 6.82. The summed E-state index contributed by atoms with van der Waals surface area (Å²) in [5, 5.41) is 3.47. The Morgan fingerprint density at radius 3 is 2.65 bits per heavy atom. The van der Waals surface area contributed by atoms with Gasteiger partial charge in [0.2, 0.25) is 0 Å². The fourth-order valence-corrected chi connectivity index (χ4v) is 1.83. The van der Waals surface area contributed by atoms with Gasteiger partial charge in [-0.2, -0.15) is 0 Å². The van der Waals surface area contributed by atoms with Crippen LogP contribution in [0, 0.1) is 0 Å². The summed E-state index contributed by atoms with van der Waals surface area (Å²) in [6.45, 7) is 8.76. The topological polar surface area (TPSA) is 43.4 Å². The van der Waals surface area contributed by atoms with Crippen LogP contribution in [0.4, 0.5) is 0 Å². The zero-order chi connectivity index (χ0) is 14.4. The minimum Gasteiger partial charge on any atom is -0.373 e. The molecule has 0 amide bonds. The maximum absolute atomic E-state index is 5.61. The number of nitrogens with zero attached hydrogens (tertiary/aromatic N) is 1. The minimum atomic E-state index is -0.101. The van der Waals surface area contributed by atoms with E-state index < -0.39 is 0 Å². The Morgan fingerprint density at radius 1 is 1.20 bits per heavy atom. The molecular weight excluding hydrogens is 252 g/mol. The highest BCUT2D eigenvalue weighted by Gasteiger charge is 2.20. The lowest BCUT2D eigenvalue weighted by atomic mass is 10.2. The number of hydrogen-bond donors (Lipinski definition) is 1. The molecule has 1 aromatic heterocycles. The highest BCUT2D eigenvalue weighted by atomic mass is 16.5.